The third-order valence-corrected chi connectivity index (χ3v) is 4.96. The highest BCUT2D eigenvalue weighted by Crippen LogP contribution is 2.23. The van der Waals surface area contributed by atoms with E-state index in [4.69, 9.17) is 0 Å². The van der Waals surface area contributed by atoms with Crippen molar-refractivity contribution < 1.29 is 22.7 Å². The zero-order valence-corrected chi connectivity index (χ0v) is 16.5. The number of benzene rings is 1. The van der Waals surface area contributed by atoms with Gasteiger partial charge in [0.2, 0.25) is 0 Å². The monoisotopic (exact) mass is 431 g/mol. The van der Waals surface area contributed by atoms with Gasteiger partial charge < -0.3 is 9.64 Å². The van der Waals surface area contributed by atoms with Crippen molar-refractivity contribution in [1.29, 1.82) is 0 Å². The number of halogens is 3. The number of nitrogens with zero attached hydrogens (tertiary/aromatic N) is 5. The number of hydrogen-bond donors (Lipinski definition) is 0. The lowest BCUT2D eigenvalue weighted by Gasteiger charge is -2.34. The maximum Gasteiger partial charge on any atom is 0.573 e. The third kappa shape index (κ3) is 5.40. The number of carbonyl (C=O) groups excluding carboxylic acids is 1. The van der Waals surface area contributed by atoms with Gasteiger partial charge in [0.05, 0.1) is 5.56 Å². The second-order valence-corrected chi connectivity index (χ2v) is 7.12. The zero-order chi connectivity index (χ0) is 21.8. The highest BCUT2D eigenvalue weighted by Gasteiger charge is 2.31. The first-order valence-corrected chi connectivity index (χ1v) is 9.70. The van der Waals surface area contributed by atoms with E-state index in [1.807, 2.05) is 0 Å². The first-order valence-electron chi connectivity index (χ1n) is 9.70. The largest absolute Gasteiger partial charge is 0.573 e. The van der Waals surface area contributed by atoms with Crippen molar-refractivity contribution in [3.8, 4) is 11.6 Å². The minimum atomic E-state index is -4.70. The van der Waals surface area contributed by atoms with E-state index in [9.17, 15) is 18.0 Å². The van der Waals surface area contributed by atoms with E-state index in [-0.39, 0.29) is 11.7 Å². The van der Waals surface area contributed by atoms with Gasteiger partial charge in [0, 0.05) is 51.3 Å². The van der Waals surface area contributed by atoms with Gasteiger partial charge in [-0.3, -0.25) is 9.69 Å². The molecule has 1 aromatic carbocycles. The van der Waals surface area contributed by atoms with Crippen molar-refractivity contribution in [1.82, 2.24) is 24.6 Å². The summed E-state index contributed by atoms with van der Waals surface area (Å²) in [6.07, 6.45) is 0.292. The molecular formula is C21H20F3N5O2. The summed E-state index contributed by atoms with van der Waals surface area (Å²) < 4.78 is 42.3. The topological polar surface area (TPSA) is 63.5 Å². The molecule has 1 fully saturated rings. The minimum Gasteiger partial charge on any atom is -0.406 e. The maximum absolute atomic E-state index is 12.8. The van der Waals surface area contributed by atoms with Crippen molar-refractivity contribution in [2.24, 2.45) is 0 Å². The van der Waals surface area contributed by atoms with E-state index in [2.05, 4.69) is 19.7 Å². The molecule has 0 N–H and O–H groups in total. The van der Waals surface area contributed by atoms with Gasteiger partial charge in [-0.25, -0.2) is 9.67 Å². The molecule has 1 aliphatic rings. The molecule has 2 aromatic heterocycles. The van der Waals surface area contributed by atoms with Crippen LogP contribution in [0.3, 0.4) is 0 Å². The summed E-state index contributed by atoms with van der Waals surface area (Å²) >= 11 is 0. The lowest BCUT2D eigenvalue weighted by molar-refractivity contribution is -0.274. The quantitative estimate of drug-likeness (QED) is 0.621. The molecule has 1 amide bonds. The van der Waals surface area contributed by atoms with Gasteiger partial charge in [-0.05, 0) is 35.9 Å². The van der Waals surface area contributed by atoms with Gasteiger partial charge in [-0.1, -0.05) is 12.1 Å². The Labute approximate surface area is 176 Å². The molecule has 162 valence electrons. The van der Waals surface area contributed by atoms with Crippen LogP contribution in [-0.2, 0) is 6.54 Å². The summed E-state index contributed by atoms with van der Waals surface area (Å²) in [5, 5.41) is 4.11. The molecule has 1 aliphatic heterocycles. The molecule has 0 aliphatic carbocycles. The average Bonchev–Trinajstić information content (AvgIpc) is 3.29. The number of hydrogen-bond acceptors (Lipinski definition) is 5. The summed E-state index contributed by atoms with van der Waals surface area (Å²) in [6.45, 7) is 3.06. The molecule has 31 heavy (non-hydrogen) atoms. The molecule has 10 heteroatoms. The lowest BCUT2D eigenvalue weighted by Crippen LogP contribution is -2.48. The summed E-state index contributed by atoms with van der Waals surface area (Å²) in [5.74, 6) is 0.324. The highest BCUT2D eigenvalue weighted by atomic mass is 19.4. The highest BCUT2D eigenvalue weighted by molar-refractivity contribution is 5.94. The SMILES string of the molecule is O=C(c1ccc(-n2cccn2)nc1)N1CCN(Cc2ccc(OC(F)(F)F)cc2)CC1. The second kappa shape index (κ2) is 8.76. The van der Waals surface area contributed by atoms with Crippen molar-refractivity contribution in [3.63, 3.8) is 0 Å². The molecule has 0 saturated carbocycles. The molecule has 4 rings (SSSR count). The smallest absolute Gasteiger partial charge is 0.406 e. The van der Waals surface area contributed by atoms with Crippen LogP contribution in [0.15, 0.2) is 61.1 Å². The third-order valence-electron chi connectivity index (χ3n) is 4.96. The predicted octanol–water partition coefficient (Wildman–Crippen LogP) is 3.12. The van der Waals surface area contributed by atoms with Crippen molar-refractivity contribution in [2.75, 3.05) is 26.2 Å². The number of rotatable bonds is 5. The Bertz CT molecular complexity index is 997. The van der Waals surface area contributed by atoms with Crippen LogP contribution in [0, 0.1) is 0 Å². The van der Waals surface area contributed by atoms with Crippen LogP contribution in [0.4, 0.5) is 13.2 Å². The Morgan fingerprint density at radius 2 is 1.77 bits per heavy atom. The van der Waals surface area contributed by atoms with Crippen LogP contribution in [0.25, 0.3) is 5.82 Å². The summed E-state index contributed by atoms with van der Waals surface area (Å²) in [4.78, 5) is 21.0. The van der Waals surface area contributed by atoms with E-state index in [1.54, 1.807) is 58.5 Å². The Morgan fingerprint density at radius 3 is 2.35 bits per heavy atom. The van der Waals surface area contributed by atoms with Crippen LogP contribution < -0.4 is 4.74 Å². The van der Waals surface area contributed by atoms with Crippen LogP contribution in [-0.4, -0.2) is 63.0 Å². The van der Waals surface area contributed by atoms with E-state index in [0.717, 1.165) is 5.56 Å². The fraction of sp³-hybridized carbons (Fsp3) is 0.286. The Morgan fingerprint density at radius 1 is 1.03 bits per heavy atom. The minimum absolute atomic E-state index is 0.0761. The first-order chi connectivity index (χ1) is 14.9. The molecule has 0 spiro atoms. The van der Waals surface area contributed by atoms with Gasteiger partial charge in [-0.2, -0.15) is 5.10 Å². The van der Waals surface area contributed by atoms with Crippen LogP contribution in [0.5, 0.6) is 5.75 Å². The van der Waals surface area contributed by atoms with E-state index in [0.29, 0.717) is 44.1 Å². The fourth-order valence-corrected chi connectivity index (χ4v) is 3.40. The number of amides is 1. The number of ether oxygens (including phenoxy) is 1. The zero-order valence-electron chi connectivity index (χ0n) is 16.5. The van der Waals surface area contributed by atoms with Crippen LogP contribution in [0.2, 0.25) is 0 Å². The fourth-order valence-electron chi connectivity index (χ4n) is 3.40. The number of piperazine rings is 1. The number of carbonyl (C=O) groups is 1. The first kappa shape index (κ1) is 20.9. The van der Waals surface area contributed by atoms with Crippen LogP contribution in [0.1, 0.15) is 15.9 Å². The Kier molecular flexibility index (Phi) is 5.90. The van der Waals surface area contributed by atoms with Crippen molar-refractivity contribution in [3.05, 3.63) is 72.2 Å². The summed E-state index contributed by atoms with van der Waals surface area (Å²) in [6, 6.07) is 11.1. The lowest BCUT2D eigenvalue weighted by atomic mass is 10.1. The second-order valence-electron chi connectivity index (χ2n) is 7.12. The van der Waals surface area contributed by atoms with E-state index < -0.39 is 6.36 Å². The van der Waals surface area contributed by atoms with Gasteiger partial charge >= 0.3 is 6.36 Å². The van der Waals surface area contributed by atoms with Gasteiger partial charge in [0.15, 0.2) is 5.82 Å². The summed E-state index contributed by atoms with van der Waals surface area (Å²) in [5.41, 5.74) is 1.40. The number of alkyl halides is 3. The van der Waals surface area contributed by atoms with E-state index >= 15 is 0 Å². The van der Waals surface area contributed by atoms with Crippen LogP contribution >= 0.6 is 0 Å². The van der Waals surface area contributed by atoms with E-state index in [1.165, 1.54) is 12.1 Å². The van der Waals surface area contributed by atoms with Crippen molar-refractivity contribution >= 4 is 5.91 Å². The molecule has 0 radical (unpaired) electrons. The molecule has 3 aromatic rings. The van der Waals surface area contributed by atoms with Gasteiger partial charge in [-0.15, -0.1) is 13.2 Å². The molecule has 7 nitrogen and oxygen atoms in total. The van der Waals surface area contributed by atoms with Gasteiger partial charge in [0.25, 0.3) is 5.91 Å². The molecule has 3 heterocycles. The molecule has 1 saturated heterocycles. The number of aromatic nitrogens is 3. The standard InChI is InChI=1S/C21H20F3N5O2/c22-21(23,24)31-18-5-2-16(3-6-18)15-27-10-12-28(13-11-27)20(30)17-4-7-19(25-14-17)29-9-1-8-26-29/h1-9,14H,10-13,15H2. The Balaban J connectivity index is 1.29. The van der Waals surface area contributed by atoms with Gasteiger partial charge in [0.1, 0.15) is 5.75 Å². The molecule has 0 unspecified atom stereocenters. The molecule has 0 atom stereocenters. The molecular weight excluding hydrogens is 411 g/mol. The molecule has 0 bridgehead atoms. The maximum atomic E-state index is 12.8. The average molecular weight is 431 g/mol. The van der Waals surface area contributed by atoms with Crippen molar-refractivity contribution in [2.45, 2.75) is 12.9 Å². The predicted molar refractivity (Wildman–Crippen MR) is 106 cm³/mol. The summed E-state index contributed by atoms with van der Waals surface area (Å²) in [7, 11) is 0. The normalized spacial score (nSPS) is 15.1. The Hall–Kier alpha value is -3.40. The number of pyridine rings is 1.